The van der Waals surface area contributed by atoms with E-state index >= 15 is 0 Å². The van der Waals surface area contributed by atoms with E-state index in [0.717, 1.165) is 4.90 Å². The summed E-state index contributed by atoms with van der Waals surface area (Å²) in [5, 5.41) is 16.0. The first kappa shape index (κ1) is 6.76. The molecule has 8 heavy (non-hydrogen) atoms. The Bertz CT molecular complexity index is 126. The zero-order valence-electron chi connectivity index (χ0n) is 4.46. The van der Waals surface area contributed by atoms with Crippen LogP contribution in [0.1, 0.15) is 0 Å². The van der Waals surface area contributed by atoms with Crippen LogP contribution in [0.5, 0.6) is 0 Å². The van der Waals surface area contributed by atoms with Gasteiger partial charge >= 0.3 is 5.97 Å². The Morgan fingerprint density at radius 1 is 2.00 bits per heavy atom. The number of likely N-dealkylation sites (N-methyl/N-ethyl adjacent to an activating group) is 1. The van der Waals surface area contributed by atoms with Gasteiger partial charge in [-0.2, -0.15) is 5.26 Å². The lowest BCUT2D eigenvalue weighted by Gasteiger charge is -2.00. The highest BCUT2D eigenvalue weighted by Crippen LogP contribution is 1.73. The van der Waals surface area contributed by atoms with E-state index in [4.69, 9.17) is 10.4 Å². The van der Waals surface area contributed by atoms with E-state index in [1.165, 1.54) is 7.05 Å². The van der Waals surface area contributed by atoms with Crippen molar-refractivity contribution in [2.75, 3.05) is 13.6 Å². The second-order valence-corrected chi connectivity index (χ2v) is 1.35. The van der Waals surface area contributed by atoms with Crippen LogP contribution in [0.3, 0.4) is 0 Å². The molecule has 0 aliphatic carbocycles. The number of hydrogen-bond donors (Lipinski definition) is 1. The number of nitrogens with zero attached hydrogens (tertiary/aromatic N) is 2. The molecule has 0 unspecified atom stereocenters. The molecule has 0 heterocycles. The standard InChI is InChI=1S/C4H6N2O2/c1-6(3-5)2-4(7)8/h2H2,1H3,(H,7,8). The van der Waals surface area contributed by atoms with Gasteiger partial charge in [-0.1, -0.05) is 0 Å². The molecule has 0 saturated carbocycles. The van der Waals surface area contributed by atoms with Crippen LogP contribution in [0.2, 0.25) is 0 Å². The van der Waals surface area contributed by atoms with Gasteiger partial charge in [-0.25, -0.2) is 0 Å². The number of carboxylic acids is 1. The second-order valence-electron chi connectivity index (χ2n) is 1.35. The van der Waals surface area contributed by atoms with Gasteiger partial charge in [0.15, 0.2) is 6.19 Å². The normalized spacial score (nSPS) is 7.50. The maximum absolute atomic E-state index is 9.78. The van der Waals surface area contributed by atoms with Crippen molar-refractivity contribution in [2.24, 2.45) is 0 Å². The monoisotopic (exact) mass is 114 g/mol. The third-order valence-corrected chi connectivity index (χ3v) is 0.543. The number of nitriles is 1. The number of rotatable bonds is 2. The van der Waals surface area contributed by atoms with Crippen LogP contribution in [-0.2, 0) is 4.79 Å². The molecule has 1 N–H and O–H groups in total. The van der Waals surface area contributed by atoms with Crippen LogP contribution in [0.4, 0.5) is 0 Å². The Morgan fingerprint density at radius 2 is 2.50 bits per heavy atom. The number of carboxylic acid groups (broad SMARTS) is 1. The maximum atomic E-state index is 9.78. The Balaban J connectivity index is 3.43. The molecule has 0 aliphatic heterocycles. The van der Waals surface area contributed by atoms with E-state index in [1.807, 2.05) is 0 Å². The van der Waals surface area contributed by atoms with Gasteiger partial charge in [0.2, 0.25) is 0 Å². The van der Waals surface area contributed by atoms with Gasteiger partial charge < -0.3 is 10.0 Å². The summed E-state index contributed by atoms with van der Waals surface area (Å²) in [7, 11) is 1.41. The lowest BCUT2D eigenvalue weighted by atomic mass is 10.6. The average molecular weight is 114 g/mol. The quantitative estimate of drug-likeness (QED) is 0.387. The molecule has 0 radical (unpaired) electrons. The molecule has 4 heteroatoms. The fraction of sp³-hybridized carbons (Fsp3) is 0.500. The van der Waals surface area contributed by atoms with Crippen LogP contribution in [0.15, 0.2) is 0 Å². The topological polar surface area (TPSA) is 64.3 Å². The van der Waals surface area contributed by atoms with Crippen LogP contribution in [0.25, 0.3) is 0 Å². The molecular weight excluding hydrogens is 108 g/mol. The molecule has 44 valence electrons. The molecule has 0 amide bonds. The SMILES string of the molecule is CN(C#N)CC(=O)O. The van der Waals surface area contributed by atoms with Crippen molar-refractivity contribution in [1.29, 1.82) is 5.26 Å². The second kappa shape index (κ2) is 2.86. The summed E-state index contributed by atoms with van der Waals surface area (Å²) in [4.78, 5) is 10.8. The highest BCUT2D eigenvalue weighted by Gasteiger charge is 1.98. The van der Waals surface area contributed by atoms with E-state index in [0.29, 0.717) is 0 Å². The molecule has 4 nitrogen and oxygen atoms in total. The molecule has 0 aromatic rings. The third kappa shape index (κ3) is 2.97. The van der Waals surface area contributed by atoms with Gasteiger partial charge in [0.25, 0.3) is 0 Å². The van der Waals surface area contributed by atoms with Gasteiger partial charge in [-0.3, -0.25) is 4.79 Å². The Labute approximate surface area is 46.9 Å². The summed E-state index contributed by atoms with van der Waals surface area (Å²) in [5.41, 5.74) is 0. The molecule has 0 rings (SSSR count). The lowest BCUT2D eigenvalue weighted by Crippen LogP contribution is -2.20. The molecule has 0 aromatic heterocycles. The summed E-state index contributed by atoms with van der Waals surface area (Å²) >= 11 is 0. The first-order valence-electron chi connectivity index (χ1n) is 1.99. The Morgan fingerprint density at radius 3 is 2.62 bits per heavy atom. The van der Waals surface area contributed by atoms with Crippen molar-refractivity contribution in [3.63, 3.8) is 0 Å². The van der Waals surface area contributed by atoms with Crippen molar-refractivity contribution in [2.45, 2.75) is 0 Å². The van der Waals surface area contributed by atoms with E-state index in [9.17, 15) is 4.79 Å². The number of hydrogen-bond acceptors (Lipinski definition) is 3. The van der Waals surface area contributed by atoms with Crippen LogP contribution < -0.4 is 0 Å². The first-order valence-corrected chi connectivity index (χ1v) is 1.99. The summed E-state index contributed by atoms with van der Waals surface area (Å²) in [6.07, 6.45) is 1.65. The smallest absolute Gasteiger partial charge is 0.323 e. The predicted octanol–water partition coefficient (Wildman–Crippen LogP) is -0.516. The molecule has 0 spiro atoms. The molecule has 0 bridgehead atoms. The lowest BCUT2D eigenvalue weighted by molar-refractivity contribution is -0.137. The van der Waals surface area contributed by atoms with E-state index in [2.05, 4.69) is 0 Å². The van der Waals surface area contributed by atoms with E-state index < -0.39 is 5.97 Å². The first-order chi connectivity index (χ1) is 3.66. The summed E-state index contributed by atoms with van der Waals surface area (Å²) in [6.45, 7) is -0.226. The summed E-state index contributed by atoms with van der Waals surface area (Å²) in [6, 6.07) is 0. The van der Waals surface area contributed by atoms with Gasteiger partial charge in [0.05, 0.1) is 0 Å². The minimum atomic E-state index is -0.992. The van der Waals surface area contributed by atoms with Crippen molar-refractivity contribution in [3.05, 3.63) is 0 Å². The molecule has 0 atom stereocenters. The zero-order valence-corrected chi connectivity index (χ0v) is 4.46. The third-order valence-electron chi connectivity index (χ3n) is 0.543. The zero-order chi connectivity index (χ0) is 6.57. The van der Waals surface area contributed by atoms with Crippen molar-refractivity contribution in [1.82, 2.24) is 4.90 Å². The number of aliphatic carboxylic acids is 1. The fourth-order valence-electron chi connectivity index (χ4n) is 0.238. The van der Waals surface area contributed by atoms with Gasteiger partial charge in [-0.05, 0) is 0 Å². The molecular formula is C4H6N2O2. The Kier molecular flexibility index (Phi) is 2.41. The average Bonchev–Trinajstić information content (AvgIpc) is 1.65. The van der Waals surface area contributed by atoms with Crippen LogP contribution in [-0.4, -0.2) is 29.6 Å². The number of carbonyl (C=O) groups is 1. The van der Waals surface area contributed by atoms with E-state index in [1.54, 1.807) is 6.19 Å². The maximum Gasteiger partial charge on any atom is 0.323 e. The van der Waals surface area contributed by atoms with Crippen molar-refractivity contribution in [3.8, 4) is 6.19 Å². The molecule has 0 aliphatic rings. The largest absolute Gasteiger partial charge is 0.480 e. The van der Waals surface area contributed by atoms with Crippen LogP contribution in [0, 0.1) is 11.5 Å². The Hall–Kier alpha value is -1.24. The minimum Gasteiger partial charge on any atom is -0.480 e. The van der Waals surface area contributed by atoms with Gasteiger partial charge in [0.1, 0.15) is 6.54 Å². The predicted molar refractivity (Wildman–Crippen MR) is 25.9 cm³/mol. The molecule has 0 aromatic carbocycles. The van der Waals surface area contributed by atoms with Gasteiger partial charge in [0, 0.05) is 7.05 Å². The van der Waals surface area contributed by atoms with Crippen molar-refractivity contribution < 1.29 is 9.90 Å². The summed E-state index contributed by atoms with van der Waals surface area (Å²) < 4.78 is 0. The van der Waals surface area contributed by atoms with Gasteiger partial charge in [-0.15, -0.1) is 0 Å². The van der Waals surface area contributed by atoms with Crippen molar-refractivity contribution >= 4 is 5.97 Å². The van der Waals surface area contributed by atoms with E-state index in [-0.39, 0.29) is 6.54 Å². The highest BCUT2D eigenvalue weighted by atomic mass is 16.4. The highest BCUT2D eigenvalue weighted by molar-refractivity contribution is 5.69. The summed E-state index contributed by atoms with van der Waals surface area (Å²) in [5.74, 6) is -0.992. The molecule has 0 saturated heterocycles. The minimum absolute atomic E-state index is 0.226. The fourth-order valence-corrected chi connectivity index (χ4v) is 0.238. The van der Waals surface area contributed by atoms with Crippen LogP contribution >= 0.6 is 0 Å². The molecule has 0 fully saturated rings.